The predicted molar refractivity (Wildman–Crippen MR) is 124 cm³/mol. The number of aliphatic hydroxyl groups excluding tert-OH is 1. The van der Waals surface area contributed by atoms with Gasteiger partial charge < -0.3 is 25.0 Å². The third kappa shape index (κ3) is 3.67. The van der Waals surface area contributed by atoms with Gasteiger partial charge in [0.2, 0.25) is 11.7 Å². The molecule has 0 saturated carbocycles. The highest BCUT2D eigenvalue weighted by Crippen LogP contribution is 2.52. The summed E-state index contributed by atoms with van der Waals surface area (Å²) < 4.78 is 5.12. The fourth-order valence-corrected chi connectivity index (χ4v) is 5.47. The number of rotatable bonds is 3. The van der Waals surface area contributed by atoms with Gasteiger partial charge in [0.15, 0.2) is 11.4 Å². The van der Waals surface area contributed by atoms with Gasteiger partial charge in [-0.1, -0.05) is 0 Å². The number of anilines is 1. The number of nitrogens with zero attached hydrogens (tertiary/aromatic N) is 1. The lowest BCUT2D eigenvalue weighted by atomic mass is 9.60. The van der Waals surface area contributed by atoms with Crippen molar-refractivity contribution in [1.29, 1.82) is 0 Å². The third-order valence-electron chi connectivity index (χ3n) is 6.92. The summed E-state index contributed by atoms with van der Waals surface area (Å²) in [5, 5.41) is 35.1. The van der Waals surface area contributed by atoms with Crippen LogP contribution in [0.2, 0.25) is 0 Å². The molecule has 3 aliphatic rings. The number of phenols is 1. The zero-order chi connectivity index (χ0) is 26.7. The molecule has 1 aromatic rings. The lowest BCUT2D eigenvalue weighted by molar-refractivity contribution is -0.147. The van der Waals surface area contributed by atoms with Crippen LogP contribution in [-0.2, 0) is 30.3 Å². The molecule has 0 heterocycles. The molecule has 0 radical (unpaired) electrons. The SMILES string of the molecule is CC(=O)NC(=O)C1=C(OC(C)=O)CC2CC3Cc4c(N(C)C)ccc(O)c4C(=O)C3=C(O)C2(O)C1=O. The first kappa shape index (κ1) is 25.1. The van der Waals surface area contributed by atoms with Crippen LogP contribution in [0.1, 0.15) is 42.6 Å². The molecule has 0 aromatic heterocycles. The first-order valence-corrected chi connectivity index (χ1v) is 11.3. The fraction of sp³-hybridized carbons (Fsp3) is 0.400. The van der Waals surface area contributed by atoms with Crippen molar-refractivity contribution in [3.63, 3.8) is 0 Å². The quantitative estimate of drug-likeness (QED) is 0.346. The minimum absolute atomic E-state index is 0.0324. The van der Waals surface area contributed by atoms with E-state index >= 15 is 0 Å². The van der Waals surface area contributed by atoms with Crippen LogP contribution in [0.3, 0.4) is 0 Å². The Balaban J connectivity index is 1.89. The number of ether oxygens (including phenoxy) is 1. The van der Waals surface area contributed by atoms with Gasteiger partial charge >= 0.3 is 5.97 Å². The summed E-state index contributed by atoms with van der Waals surface area (Å²) in [6.45, 7) is 2.10. The molecule has 0 bridgehead atoms. The van der Waals surface area contributed by atoms with Gasteiger partial charge in [-0.25, -0.2) is 0 Å². The van der Waals surface area contributed by atoms with Gasteiger partial charge in [0.25, 0.3) is 5.91 Å². The minimum atomic E-state index is -2.67. The predicted octanol–water partition coefficient (Wildman–Crippen LogP) is 0.829. The molecule has 4 rings (SSSR count). The van der Waals surface area contributed by atoms with Crippen molar-refractivity contribution < 1.29 is 44.0 Å². The number of allylic oxidation sites excluding steroid dienone is 2. The largest absolute Gasteiger partial charge is 0.508 e. The number of Topliss-reactive ketones (excluding diaryl/α,β-unsaturated/α-hetero) is 2. The standard InChI is InChI=1S/C25H26N2O9/c1-10(28)26-24(34)20-17(36-11(2)29)9-13-7-12-8-14-15(27(3)4)5-6-16(30)19(14)21(31)18(12)22(32)25(13,35)23(20)33/h5-6,12-13,30,32,35H,7-9H2,1-4H3,(H,26,28,34). The van der Waals surface area contributed by atoms with E-state index in [0.29, 0.717) is 11.3 Å². The summed E-state index contributed by atoms with van der Waals surface area (Å²) in [6, 6.07) is 3.02. The highest BCUT2D eigenvalue weighted by atomic mass is 16.5. The zero-order valence-electron chi connectivity index (χ0n) is 20.2. The second kappa shape index (κ2) is 8.59. The zero-order valence-corrected chi connectivity index (χ0v) is 20.2. The second-order valence-electron chi connectivity index (χ2n) is 9.48. The van der Waals surface area contributed by atoms with Gasteiger partial charge in [-0.05, 0) is 36.5 Å². The lowest BCUT2D eigenvalue weighted by Gasteiger charge is -2.46. The highest BCUT2D eigenvalue weighted by Gasteiger charge is 2.60. The Hall–Kier alpha value is -3.99. The number of aromatic hydroxyl groups is 1. The lowest BCUT2D eigenvalue weighted by Crippen LogP contribution is -2.57. The van der Waals surface area contributed by atoms with E-state index in [-0.39, 0.29) is 41.9 Å². The molecule has 3 atom stereocenters. The Bertz CT molecular complexity index is 1310. The van der Waals surface area contributed by atoms with Crippen molar-refractivity contribution in [3.05, 3.63) is 45.9 Å². The van der Waals surface area contributed by atoms with E-state index in [9.17, 15) is 39.3 Å². The van der Waals surface area contributed by atoms with Crippen molar-refractivity contribution in [2.75, 3.05) is 19.0 Å². The van der Waals surface area contributed by atoms with Crippen molar-refractivity contribution in [3.8, 4) is 5.75 Å². The first-order chi connectivity index (χ1) is 16.8. The Morgan fingerprint density at radius 3 is 2.36 bits per heavy atom. The molecule has 190 valence electrons. The molecule has 2 amide bonds. The van der Waals surface area contributed by atoms with Gasteiger partial charge in [0.1, 0.15) is 22.8 Å². The van der Waals surface area contributed by atoms with Crippen LogP contribution >= 0.6 is 0 Å². The van der Waals surface area contributed by atoms with Crippen LogP contribution in [0.5, 0.6) is 5.75 Å². The van der Waals surface area contributed by atoms with Crippen LogP contribution in [0, 0.1) is 11.8 Å². The van der Waals surface area contributed by atoms with E-state index in [2.05, 4.69) is 0 Å². The Labute approximate surface area is 206 Å². The van der Waals surface area contributed by atoms with E-state index in [1.165, 1.54) is 6.07 Å². The van der Waals surface area contributed by atoms with Gasteiger partial charge in [0, 0.05) is 51.5 Å². The Morgan fingerprint density at radius 1 is 1.11 bits per heavy atom. The van der Waals surface area contributed by atoms with E-state index in [1.807, 2.05) is 5.32 Å². The van der Waals surface area contributed by atoms with Crippen molar-refractivity contribution in [2.24, 2.45) is 11.8 Å². The number of esters is 1. The molecule has 11 heteroatoms. The summed E-state index contributed by atoms with van der Waals surface area (Å²) >= 11 is 0. The first-order valence-electron chi connectivity index (χ1n) is 11.3. The normalized spacial score (nSPS) is 25.0. The van der Waals surface area contributed by atoms with E-state index in [1.54, 1.807) is 25.1 Å². The monoisotopic (exact) mass is 498 g/mol. The molecule has 0 spiro atoms. The summed E-state index contributed by atoms with van der Waals surface area (Å²) in [4.78, 5) is 64.6. The smallest absolute Gasteiger partial charge is 0.307 e. The number of benzene rings is 1. The maximum Gasteiger partial charge on any atom is 0.307 e. The molecule has 1 aromatic carbocycles. The molecule has 11 nitrogen and oxygen atoms in total. The van der Waals surface area contributed by atoms with Gasteiger partial charge in [-0.3, -0.25) is 29.3 Å². The number of amides is 2. The molecule has 4 N–H and O–H groups in total. The van der Waals surface area contributed by atoms with Crippen LogP contribution in [0.25, 0.3) is 0 Å². The molecule has 36 heavy (non-hydrogen) atoms. The van der Waals surface area contributed by atoms with Gasteiger partial charge in [0.05, 0.1) is 5.56 Å². The van der Waals surface area contributed by atoms with Crippen LogP contribution in [-0.4, -0.2) is 64.4 Å². The maximum absolute atomic E-state index is 13.5. The molecule has 3 unspecified atom stereocenters. The summed E-state index contributed by atoms with van der Waals surface area (Å²) in [6.07, 6.45) is -0.00685. The average Bonchev–Trinajstić information content (AvgIpc) is 2.75. The van der Waals surface area contributed by atoms with E-state index in [0.717, 1.165) is 13.8 Å². The average molecular weight is 498 g/mol. The number of phenolic OH excluding ortho intramolecular Hbond substituents is 1. The van der Waals surface area contributed by atoms with Crippen molar-refractivity contribution >= 4 is 35.0 Å². The summed E-state index contributed by atoms with van der Waals surface area (Å²) in [5.41, 5.74) is -2.44. The molecular formula is C25H26N2O9. The number of hydrogen-bond donors (Lipinski definition) is 4. The van der Waals surface area contributed by atoms with Gasteiger partial charge in [-0.15, -0.1) is 0 Å². The number of hydrogen-bond acceptors (Lipinski definition) is 10. The minimum Gasteiger partial charge on any atom is -0.508 e. The van der Waals surface area contributed by atoms with Crippen LogP contribution in [0.15, 0.2) is 34.8 Å². The number of carbonyl (C=O) groups excluding carboxylic acids is 5. The summed E-state index contributed by atoms with van der Waals surface area (Å²) in [5.74, 6) is -8.03. The third-order valence-corrected chi connectivity index (χ3v) is 6.92. The van der Waals surface area contributed by atoms with E-state index < -0.39 is 58.1 Å². The number of fused-ring (bicyclic) bond motifs is 3. The Morgan fingerprint density at radius 2 is 1.78 bits per heavy atom. The van der Waals surface area contributed by atoms with Crippen LogP contribution in [0.4, 0.5) is 5.69 Å². The number of carbonyl (C=O) groups is 5. The maximum atomic E-state index is 13.5. The topological polar surface area (TPSA) is 171 Å². The molecular weight excluding hydrogens is 472 g/mol. The highest BCUT2D eigenvalue weighted by molar-refractivity contribution is 6.27. The van der Waals surface area contributed by atoms with Crippen molar-refractivity contribution in [2.45, 2.75) is 38.7 Å². The second-order valence-corrected chi connectivity index (χ2v) is 9.48. The van der Waals surface area contributed by atoms with Gasteiger partial charge in [-0.2, -0.15) is 0 Å². The fourth-order valence-electron chi connectivity index (χ4n) is 5.47. The Kier molecular flexibility index (Phi) is 5.99. The number of imide groups is 1. The number of aliphatic hydroxyl groups is 2. The van der Waals surface area contributed by atoms with E-state index in [4.69, 9.17) is 4.74 Å². The molecule has 0 aliphatic heterocycles. The molecule has 0 fully saturated rings. The number of nitrogens with one attached hydrogen (secondary N) is 1. The summed E-state index contributed by atoms with van der Waals surface area (Å²) in [7, 11) is 3.56. The molecule has 0 saturated heterocycles. The molecule has 3 aliphatic carbocycles. The van der Waals surface area contributed by atoms with Crippen LogP contribution < -0.4 is 10.2 Å². The van der Waals surface area contributed by atoms with Crippen molar-refractivity contribution in [1.82, 2.24) is 5.32 Å². The number of ketones is 2.